The fourth-order valence-corrected chi connectivity index (χ4v) is 2.91. The van der Waals surface area contributed by atoms with Gasteiger partial charge in [0.15, 0.2) is 0 Å². The van der Waals surface area contributed by atoms with E-state index in [1.165, 1.54) is 48.2 Å². The molecule has 0 saturated heterocycles. The van der Waals surface area contributed by atoms with E-state index in [-0.39, 0.29) is 0 Å². The van der Waals surface area contributed by atoms with Gasteiger partial charge in [-0.05, 0) is 41.5 Å². The third-order valence-electron chi connectivity index (χ3n) is 5.44. The molecule has 19 heavy (non-hydrogen) atoms. The van der Waals surface area contributed by atoms with Crippen LogP contribution in [0.2, 0.25) is 0 Å². The summed E-state index contributed by atoms with van der Waals surface area (Å²) in [5.74, 6) is 0. The molecular weight excluding hydrogens is 236 g/mol. The molecule has 3 nitrogen and oxygen atoms in total. The summed E-state index contributed by atoms with van der Waals surface area (Å²) in [6.45, 7) is 25.2. The zero-order valence-electron chi connectivity index (χ0n) is 14.4. The Kier molecular flexibility index (Phi) is 9.67. The highest BCUT2D eigenvalue weighted by Crippen LogP contribution is 2.07. The van der Waals surface area contributed by atoms with Crippen LogP contribution in [0.4, 0.5) is 0 Å². The van der Waals surface area contributed by atoms with Gasteiger partial charge in [-0.3, -0.25) is 0 Å². The van der Waals surface area contributed by atoms with Gasteiger partial charge in [0.2, 0.25) is 0 Å². The fraction of sp³-hybridized carbons (Fsp3) is 1.00. The Hall–Kier alpha value is -0.120. The largest absolute Gasteiger partial charge is 0.370 e. The Morgan fingerprint density at radius 2 is 0.789 bits per heavy atom. The molecule has 0 fully saturated rings. The van der Waals surface area contributed by atoms with Crippen LogP contribution in [0, 0.1) is 0 Å². The highest BCUT2D eigenvalue weighted by molar-refractivity contribution is 4.41. The van der Waals surface area contributed by atoms with Crippen LogP contribution in [0.25, 0.3) is 0 Å². The third kappa shape index (κ3) is 5.80. The number of hydrogen-bond donors (Lipinski definition) is 0. The number of quaternary nitrogens is 2. The van der Waals surface area contributed by atoms with Crippen molar-refractivity contribution in [2.24, 2.45) is 0 Å². The summed E-state index contributed by atoms with van der Waals surface area (Å²) < 4.78 is 8.30. The molecule has 0 rings (SSSR count). The van der Waals surface area contributed by atoms with Gasteiger partial charge in [-0.2, -0.15) is 0 Å². The molecule has 0 aliphatic carbocycles. The average molecular weight is 274 g/mol. The molecule has 0 aliphatic rings. The van der Waals surface area contributed by atoms with E-state index in [0.29, 0.717) is 0 Å². The molecule has 0 aromatic carbocycles. The first-order chi connectivity index (χ1) is 9.07. The molecular formula is C16H38N2O+2. The van der Waals surface area contributed by atoms with Crippen LogP contribution >= 0.6 is 0 Å². The number of likely N-dealkylation sites (N-methyl/N-ethyl adjacent to an activating group) is 2. The Labute approximate surface area is 121 Å². The minimum absolute atomic E-state index is 0.909. The van der Waals surface area contributed by atoms with Crippen molar-refractivity contribution in [3.8, 4) is 0 Å². The Morgan fingerprint density at radius 1 is 0.526 bits per heavy atom. The average Bonchev–Trinajstić information content (AvgIpc) is 2.48. The van der Waals surface area contributed by atoms with E-state index in [1.54, 1.807) is 0 Å². The maximum atomic E-state index is 5.92. The Balaban J connectivity index is 3.98. The second-order valence-corrected chi connectivity index (χ2v) is 5.64. The van der Waals surface area contributed by atoms with E-state index >= 15 is 0 Å². The van der Waals surface area contributed by atoms with E-state index in [2.05, 4.69) is 41.5 Å². The molecule has 0 atom stereocenters. The van der Waals surface area contributed by atoms with Gasteiger partial charge in [-0.1, -0.05) is 0 Å². The molecule has 116 valence electrons. The van der Waals surface area contributed by atoms with Crippen molar-refractivity contribution in [1.82, 2.24) is 0 Å². The van der Waals surface area contributed by atoms with Crippen molar-refractivity contribution < 1.29 is 13.7 Å². The zero-order chi connectivity index (χ0) is 14.8. The van der Waals surface area contributed by atoms with Crippen LogP contribution in [-0.4, -0.2) is 74.5 Å². The lowest BCUT2D eigenvalue weighted by molar-refractivity contribution is -0.926. The molecule has 0 N–H and O–H groups in total. The van der Waals surface area contributed by atoms with E-state index in [9.17, 15) is 0 Å². The van der Waals surface area contributed by atoms with E-state index < -0.39 is 0 Å². The summed E-state index contributed by atoms with van der Waals surface area (Å²) in [6.07, 6.45) is 0. The van der Waals surface area contributed by atoms with Gasteiger partial charge in [-0.25, -0.2) is 0 Å². The zero-order valence-corrected chi connectivity index (χ0v) is 14.4. The summed E-state index contributed by atoms with van der Waals surface area (Å²) in [5, 5.41) is 0. The smallest absolute Gasteiger partial charge is 0.102 e. The maximum Gasteiger partial charge on any atom is 0.102 e. The standard InChI is InChI=1S/C16H38N2O/c1-7-17(8-2,9-3)13-15-19-16-14-18(10-4,11-5)12-6/h7-16H2,1-6H3/q+2. The summed E-state index contributed by atoms with van der Waals surface area (Å²) in [7, 11) is 0. The maximum absolute atomic E-state index is 5.92. The van der Waals surface area contributed by atoms with Gasteiger partial charge in [0, 0.05) is 0 Å². The first kappa shape index (κ1) is 18.9. The van der Waals surface area contributed by atoms with E-state index in [0.717, 1.165) is 26.3 Å². The summed E-state index contributed by atoms with van der Waals surface area (Å²) in [6, 6.07) is 0. The van der Waals surface area contributed by atoms with Crippen LogP contribution in [0.3, 0.4) is 0 Å². The summed E-state index contributed by atoms with van der Waals surface area (Å²) in [4.78, 5) is 0. The Bertz CT molecular complexity index is 172. The molecule has 0 bridgehead atoms. The van der Waals surface area contributed by atoms with Crippen molar-refractivity contribution >= 4 is 0 Å². The molecule has 3 heteroatoms. The molecule has 0 aromatic heterocycles. The number of hydrogen-bond acceptors (Lipinski definition) is 1. The van der Waals surface area contributed by atoms with Crippen LogP contribution < -0.4 is 0 Å². The van der Waals surface area contributed by atoms with Gasteiger partial charge in [0.1, 0.15) is 13.1 Å². The lowest BCUT2D eigenvalue weighted by Gasteiger charge is -2.37. The molecule has 0 aromatic rings. The van der Waals surface area contributed by atoms with E-state index in [4.69, 9.17) is 4.74 Å². The molecule has 0 heterocycles. The van der Waals surface area contributed by atoms with Gasteiger partial charge < -0.3 is 13.7 Å². The summed E-state index contributed by atoms with van der Waals surface area (Å²) in [5.41, 5.74) is 0. The Morgan fingerprint density at radius 3 is 1.00 bits per heavy atom. The summed E-state index contributed by atoms with van der Waals surface area (Å²) >= 11 is 0. The minimum Gasteiger partial charge on any atom is -0.370 e. The van der Waals surface area contributed by atoms with Crippen molar-refractivity contribution in [3.05, 3.63) is 0 Å². The third-order valence-corrected chi connectivity index (χ3v) is 5.44. The SMILES string of the molecule is CC[N+](CC)(CC)CCOCC[N+](CC)(CC)CC. The van der Waals surface area contributed by atoms with Crippen LogP contribution in [0.5, 0.6) is 0 Å². The van der Waals surface area contributed by atoms with Crippen molar-refractivity contribution in [3.63, 3.8) is 0 Å². The molecule has 0 radical (unpaired) electrons. The highest BCUT2D eigenvalue weighted by Gasteiger charge is 2.22. The van der Waals surface area contributed by atoms with Crippen molar-refractivity contribution in [2.45, 2.75) is 41.5 Å². The normalized spacial score (nSPS) is 12.9. The second kappa shape index (κ2) is 9.73. The molecule has 0 amide bonds. The van der Waals surface area contributed by atoms with Crippen molar-refractivity contribution in [1.29, 1.82) is 0 Å². The monoisotopic (exact) mass is 274 g/mol. The molecule has 0 unspecified atom stereocenters. The van der Waals surface area contributed by atoms with Gasteiger partial charge >= 0.3 is 0 Å². The number of ether oxygens (including phenoxy) is 1. The van der Waals surface area contributed by atoms with Gasteiger partial charge in [0.05, 0.1) is 52.5 Å². The number of nitrogens with zero attached hydrogens (tertiary/aromatic N) is 2. The van der Waals surface area contributed by atoms with Crippen LogP contribution in [0.1, 0.15) is 41.5 Å². The quantitative estimate of drug-likeness (QED) is 0.393. The van der Waals surface area contributed by atoms with Gasteiger partial charge in [0.25, 0.3) is 0 Å². The van der Waals surface area contributed by atoms with Gasteiger partial charge in [-0.15, -0.1) is 0 Å². The molecule has 0 saturated carbocycles. The fourth-order valence-electron chi connectivity index (χ4n) is 2.91. The lowest BCUT2D eigenvalue weighted by Crippen LogP contribution is -2.51. The van der Waals surface area contributed by atoms with E-state index in [1.807, 2.05) is 0 Å². The first-order valence-electron chi connectivity index (χ1n) is 8.35. The topological polar surface area (TPSA) is 9.23 Å². The van der Waals surface area contributed by atoms with Crippen molar-refractivity contribution in [2.75, 3.05) is 65.6 Å². The predicted molar refractivity (Wildman–Crippen MR) is 84.3 cm³/mol. The first-order valence-corrected chi connectivity index (χ1v) is 8.35. The highest BCUT2D eigenvalue weighted by atomic mass is 16.5. The minimum atomic E-state index is 0.909. The number of rotatable bonds is 12. The molecule has 0 aliphatic heterocycles. The molecule has 0 spiro atoms. The lowest BCUT2D eigenvalue weighted by atomic mass is 10.3. The predicted octanol–water partition coefficient (Wildman–Crippen LogP) is 2.76. The second-order valence-electron chi connectivity index (χ2n) is 5.64. The van der Waals surface area contributed by atoms with Crippen LogP contribution in [0.15, 0.2) is 0 Å². The van der Waals surface area contributed by atoms with Crippen LogP contribution in [-0.2, 0) is 4.74 Å².